The van der Waals surface area contributed by atoms with E-state index in [0.29, 0.717) is 11.7 Å². The molecule has 1 aliphatic carbocycles. The number of ketones is 1. The Labute approximate surface area is 269 Å². The van der Waals surface area contributed by atoms with Gasteiger partial charge < -0.3 is 14.2 Å². The number of rotatable bonds is 10. The number of likely N-dealkylation sites (tertiary alicyclic amines) is 1. The van der Waals surface area contributed by atoms with Crippen LogP contribution in [0.2, 0.25) is 0 Å². The first-order chi connectivity index (χ1) is 20.9. The van der Waals surface area contributed by atoms with Crippen LogP contribution in [-0.4, -0.2) is 45.1 Å². The maximum absolute atomic E-state index is 13.6. The van der Waals surface area contributed by atoms with Crippen LogP contribution in [0.4, 0.5) is 0 Å². The van der Waals surface area contributed by atoms with Crippen molar-refractivity contribution in [3.8, 4) is 17.2 Å². The number of ether oxygens (including phenoxy) is 3. The Morgan fingerprint density at radius 2 is 1.57 bits per heavy atom. The molecule has 3 atom stereocenters. The van der Waals surface area contributed by atoms with Crippen molar-refractivity contribution in [1.82, 2.24) is 4.90 Å². The lowest BCUT2D eigenvalue weighted by Gasteiger charge is -2.47. The highest BCUT2D eigenvalue weighted by Crippen LogP contribution is 2.51. The van der Waals surface area contributed by atoms with Crippen molar-refractivity contribution >= 4 is 5.78 Å². The number of hydrogen-bond acceptors (Lipinski definition) is 5. The highest BCUT2D eigenvalue weighted by molar-refractivity contribution is 5.83. The largest absolute Gasteiger partial charge is 0.497 e. The molecule has 2 aromatic carbocycles. The minimum Gasteiger partial charge on any atom is -0.497 e. The molecule has 0 bridgehead atoms. The molecule has 5 nitrogen and oxygen atoms in total. The fourth-order valence-electron chi connectivity index (χ4n) is 7.70. The van der Waals surface area contributed by atoms with Gasteiger partial charge in [0, 0.05) is 30.0 Å². The summed E-state index contributed by atoms with van der Waals surface area (Å²) < 4.78 is 17.2. The topological polar surface area (TPSA) is 48.0 Å². The average molecular weight is 608 g/mol. The minimum atomic E-state index is -0.0877. The lowest BCUT2D eigenvalue weighted by Crippen LogP contribution is -2.42. The molecule has 2 aliphatic rings. The van der Waals surface area contributed by atoms with Gasteiger partial charge in [0.25, 0.3) is 0 Å². The van der Waals surface area contributed by atoms with Gasteiger partial charge in [-0.2, -0.15) is 0 Å². The number of Topliss-reactive ketones (excluding diaryl/α,β-unsaturated/α-hetero) is 1. The number of piperidine rings is 1. The predicted molar refractivity (Wildman–Crippen MR) is 183 cm³/mol. The third-order valence-electron chi connectivity index (χ3n) is 10.7. The zero-order chi connectivity index (χ0) is 32.7. The summed E-state index contributed by atoms with van der Waals surface area (Å²) in [5.74, 6) is 3.63. The van der Waals surface area contributed by atoms with Gasteiger partial charge in [0.2, 0.25) is 0 Å². The van der Waals surface area contributed by atoms with Gasteiger partial charge in [-0.25, -0.2) is 0 Å². The summed E-state index contributed by atoms with van der Waals surface area (Å²) in [4.78, 5) is 16.2. The van der Waals surface area contributed by atoms with Crippen LogP contribution in [0.25, 0.3) is 0 Å². The van der Waals surface area contributed by atoms with Crippen LogP contribution in [0.3, 0.4) is 0 Å². The molecule has 5 heteroatoms. The van der Waals surface area contributed by atoms with Crippen LogP contribution >= 0.6 is 0 Å². The van der Waals surface area contributed by atoms with E-state index in [2.05, 4.69) is 70.7 Å². The first-order valence-corrected chi connectivity index (χ1v) is 17.1. The minimum absolute atomic E-state index is 0.0371. The molecule has 0 spiro atoms. The molecule has 0 radical (unpaired) electrons. The third-order valence-corrected chi connectivity index (χ3v) is 10.7. The van der Waals surface area contributed by atoms with E-state index in [1.54, 1.807) is 21.3 Å². The molecule has 1 heterocycles. The van der Waals surface area contributed by atoms with Crippen molar-refractivity contribution < 1.29 is 19.0 Å². The average Bonchev–Trinajstić information content (AvgIpc) is 3.02. The van der Waals surface area contributed by atoms with Gasteiger partial charge >= 0.3 is 0 Å². The molecular formula is C39H61NO4. The van der Waals surface area contributed by atoms with Gasteiger partial charge in [-0.1, -0.05) is 54.5 Å². The van der Waals surface area contributed by atoms with E-state index in [0.717, 1.165) is 69.0 Å². The van der Waals surface area contributed by atoms with E-state index in [4.69, 9.17) is 14.2 Å². The molecule has 1 fully saturated rings. The Kier molecular flexibility index (Phi) is 12.8. The number of methoxy groups -OCH3 is 3. The van der Waals surface area contributed by atoms with E-state index in [1.165, 1.54) is 35.1 Å². The molecule has 2 aromatic rings. The second kappa shape index (κ2) is 15.7. The maximum Gasteiger partial charge on any atom is 0.139 e. The molecule has 0 aromatic heterocycles. The van der Waals surface area contributed by atoms with E-state index < -0.39 is 0 Å². The molecule has 44 heavy (non-hydrogen) atoms. The molecule has 4 rings (SSSR count). The van der Waals surface area contributed by atoms with E-state index in [9.17, 15) is 4.79 Å². The fourth-order valence-corrected chi connectivity index (χ4v) is 7.70. The lowest BCUT2D eigenvalue weighted by atomic mass is 9.60. The molecule has 1 aliphatic heterocycles. The van der Waals surface area contributed by atoms with Gasteiger partial charge in [0.1, 0.15) is 23.0 Å². The van der Waals surface area contributed by atoms with Crippen LogP contribution in [0.1, 0.15) is 109 Å². The summed E-state index contributed by atoms with van der Waals surface area (Å²) in [5.41, 5.74) is 5.24. The number of carbonyl (C=O) groups is 1. The maximum atomic E-state index is 13.6. The number of hydrogen-bond donors (Lipinski definition) is 0. The summed E-state index contributed by atoms with van der Waals surface area (Å²) in [7, 11) is 5.22. The van der Waals surface area contributed by atoms with E-state index in [-0.39, 0.29) is 22.7 Å². The summed E-state index contributed by atoms with van der Waals surface area (Å²) in [5, 5.41) is 0. The molecule has 246 valence electrons. The summed E-state index contributed by atoms with van der Waals surface area (Å²) in [6.45, 7) is 20.9. The number of carbonyl (C=O) groups excluding carboxylic acids is 1. The summed E-state index contributed by atoms with van der Waals surface area (Å²) in [6.07, 6.45) is 7.20. The molecule has 0 amide bonds. The molecule has 0 N–H and O–H groups in total. The third kappa shape index (κ3) is 8.38. The Bertz CT molecular complexity index is 1230. The Hall–Kier alpha value is -2.53. The highest BCUT2D eigenvalue weighted by atomic mass is 16.5. The smallest absolute Gasteiger partial charge is 0.139 e. The van der Waals surface area contributed by atoms with Crippen LogP contribution in [0.5, 0.6) is 17.2 Å². The normalized spacial score (nSPS) is 21.9. The number of nitrogens with zero attached hydrogens (tertiary/aromatic N) is 1. The van der Waals surface area contributed by atoms with Crippen molar-refractivity contribution in [2.24, 2.45) is 23.2 Å². The Balaban J connectivity index is 0.00000259. The van der Waals surface area contributed by atoms with Gasteiger partial charge in [0.15, 0.2) is 0 Å². The number of benzene rings is 2. The second-order valence-corrected chi connectivity index (χ2v) is 14.1. The molecular weight excluding hydrogens is 546 g/mol. The van der Waals surface area contributed by atoms with Crippen molar-refractivity contribution in [2.75, 3.05) is 34.4 Å². The van der Waals surface area contributed by atoms with Crippen molar-refractivity contribution in [3.63, 3.8) is 0 Å². The quantitative estimate of drug-likeness (QED) is 0.269. The molecule has 0 saturated carbocycles. The van der Waals surface area contributed by atoms with Crippen molar-refractivity contribution in [1.29, 1.82) is 0 Å². The molecule has 3 unspecified atom stereocenters. The number of fused-ring (bicyclic) bond motifs is 1. The van der Waals surface area contributed by atoms with Crippen molar-refractivity contribution in [3.05, 3.63) is 52.6 Å². The predicted octanol–water partition coefficient (Wildman–Crippen LogP) is 9.20. The molecule has 1 saturated heterocycles. The van der Waals surface area contributed by atoms with Crippen molar-refractivity contribution in [2.45, 2.75) is 112 Å². The van der Waals surface area contributed by atoms with Gasteiger partial charge in [-0.3, -0.25) is 9.69 Å². The SMILES string of the molecule is CC.CCC(C)C(=O)C1CCC(CC2(C)CCN(Cc3cc(C)cc(OC)c3)CC2)C(C)(C)c2c(cc(OC)cc2OC)C1. The number of aryl methyl sites for hydroxylation is 1. The monoisotopic (exact) mass is 607 g/mol. The zero-order valence-electron chi connectivity index (χ0n) is 29.8. The van der Waals surface area contributed by atoms with Crippen LogP contribution < -0.4 is 14.2 Å². The summed E-state index contributed by atoms with van der Waals surface area (Å²) in [6, 6.07) is 10.8. The highest BCUT2D eigenvalue weighted by Gasteiger charge is 2.43. The lowest BCUT2D eigenvalue weighted by molar-refractivity contribution is -0.126. The van der Waals surface area contributed by atoms with E-state index in [1.807, 2.05) is 19.9 Å². The first-order valence-electron chi connectivity index (χ1n) is 17.1. The second-order valence-electron chi connectivity index (χ2n) is 14.1. The van der Waals surface area contributed by atoms with Crippen LogP contribution in [-0.2, 0) is 23.2 Å². The Morgan fingerprint density at radius 3 is 2.16 bits per heavy atom. The van der Waals surface area contributed by atoms with Crippen LogP contribution in [0, 0.1) is 30.1 Å². The van der Waals surface area contributed by atoms with Gasteiger partial charge in [-0.05, 0) is 117 Å². The van der Waals surface area contributed by atoms with Gasteiger partial charge in [-0.15, -0.1) is 0 Å². The van der Waals surface area contributed by atoms with E-state index >= 15 is 0 Å². The first kappa shape index (κ1) is 35.9. The van der Waals surface area contributed by atoms with Crippen LogP contribution in [0.15, 0.2) is 30.3 Å². The fraction of sp³-hybridized carbons (Fsp3) is 0.667. The Morgan fingerprint density at radius 1 is 0.932 bits per heavy atom. The zero-order valence-corrected chi connectivity index (χ0v) is 29.8. The standard InChI is InChI=1S/C37H55NO4.C2H6/c1-10-26(3)35(39)28-11-12-30(36(4,5)34-29(20-28)21-32(41-8)22-33(34)42-9)23-37(6)13-15-38(16-14-37)24-27-17-25(2)18-31(19-27)40-7;1-2/h17-19,21-22,26,28,30H,10-16,20,23-24H2,1-9H3;1-2H3. The summed E-state index contributed by atoms with van der Waals surface area (Å²) >= 11 is 0. The van der Waals surface area contributed by atoms with Gasteiger partial charge in [0.05, 0.1) is 21.3 Å².